The lowest BCUT2D eigenvalue weighted by atomic mass is 10.0. The minimum atomic E-state index is -4.65. The van der Waals surface area contributed by atoms with Gasteiger partial charge in [0.1, 0.15) is 0 Å². The van der Waals surface area contributed by atoms with Gasteiger partial charge in [-0.2, -0.15) is 13.2 Å². The van der Waals surface area contributed by atoms with Gasteiger partial charge in [-0.15, -0.1) is 0 Å². The third kappa shape index (κ3) is 2.86. The quantitative estimate of drug-likeness (QED) is 0.894. The summed E-state index contributed by atoms with van der Waals surface area (Å²) in [5.74, 6) is -3.38. The Labute approximate surface area is 107 Å². The molecule has 1 aliphatic heterocycles. The number of carbonyl (C=O) groups excluding carboxylic acids is 2. The summed E-state index contributed by atoms with van der Waals surface area (Å²) in [5, 5.41) is 2.09. The first-order valence-electron chi connectivity index (χ1n) is 5.59. The summed E-state index contributed by atoms with van der Waals surface area (Å²) in [6.07, 6.45) is -4.65. The molecule has 0 aromatic heterocycles. The number of hydrogen-bond acceptors (Lipinski definition) is 2. The van der Waals surface area contributed by atoms with Crippen LogP contribution in [-0.4, -0.2) is 29.6 Å². The zero-order valence-corrected chi connectivity index (χ0v) is 9.78. The fourth-order valence-corrected chi connectivity index (χ4v) is 1.83. The molecule has 1 fully saturated rings. The third-order valence-corrected chi connectivity index (χ3v) is 2.85. The lowest BCUT2D eigenvalue weighted by Crippen LogP contribution is -2.58. The molecule has 0 radical (unpaired) electrons. The molecule has 0 aliphatic carbocycles. The molecule has 4 nitrogen and oxygen atoms in total. The van der Waals surface area contributed by atoms with Crippen molar-refractivity contribution >= 4 is 11.9 Å². The molecule has 102 valence electrons. The van der Waals surface area contributed by atoms with Gasteiger partial charge in [-0.3, -0.25) is 9.69 Å². The van der Waals surface area contributed by atoms with Gasteiger partial charge < -0.3 is 5.32 Å². The lowest BCUT2D eigenvalue weighted by molar-refractivity contribution is -0.188. The van der Waals surface area contributed by atoms with Crippen molar-refractivity contribution in [1.82, 2.24) is 10.2 Å². The number of nitrogens with zero attached hydrogens (tertiary/aromatic N) is 1. The molecule has 1 aliphatic rings. The van der Waals surface area contributed by atoms with E-state index in [9.17, 15) is 22.8 Å². The maximum atomic E-state index is 12.6. The molecule has 1 saturated heterocycles. The molecule has 2 rings (SSSR count). The molecule has 1 atom stereocenters. The van der Waals surface area contributed by atoms with Crippen molar-refractivity contribution in [2.24, 2.45) is 5.92 Å². The molecular weight excluding hydrogens is 261 g/mol. The van der Waals surface area contributed by atoms with Gasteiger partial charge in [0.25, 0.3) is 0 Å². The Balaban J connectivity index is 2.18. The monoisotopic (exact) mass is 272 g/mol. The number of carbonyl (C=O) groups is 2. The topological polar surface area (TPSA) is 49.4 Å². The fraction of sp³-hybridized carbons (Fsp3) is 0.333. The van der Waals surface area contributed by atoms with Crippen LogP contribution in [-0.2, 0) is 11.3 Å². The number of hydrogen-bond donors (Lipinski definition) is 1. The van der Waals surface area contributed by atoms with Crippen molar-refractivity contribution in [3.05, 3.63) is 35.9 Å². The summed E-state index contributed by atoms with van der Waals surface area (Å²) in [6, 6.07) is 7.58. The standard InChI is InChI=1S/C12H11F3N2O2/c13-12(14,15)9-6-16-11(19)17(10(9)18)7-8-4-2-1-3-5-8/h1-5,9H,6-7H2,(H,16,19). The second kappa shape index (κ2) is 4.91. The average molecular weight is 272 g/mol. The summed E-state index contributed by atoms with van der Waals surface area (Å²) < 4.78 is 37.9. The van der Waals surface area contributed by atoms with Gasteiger partial charge in [-0.1, -0.05) is 30.3 Å². The summed E-state index contributed by atoms with van der Waals surface area (Å²) in [5.41, 5.74) is 0.592. The lowest BCUT2D eigenvalue weighted by Gasteiger charge is -2.32. The largest absolute Gasteiger partial charge is 0.402 e. The van der Waals surface area contributed by atoms with E-state index in [0.717, 1.165) is 0 Å². The molecule has 0 bridgehead atoms. The zero-order valence-electron chi connectivity index (χ0n) is 9.78. The van der Waals surface area contributed by atoms with E-state index in [-0.39, 0.29) is 6.54 Å². The number of imide groups is 1. The second-order valence-electron chi connectivity index (χ2n) is 4.19. The van der Waals surface area contributed by atoms with E-state index >= 15 is 0 Å². The smallest absolute Gasteiger partial charge is 0.336 e. The Morgan fingerprint density at radius 3 is 2.42 bits per heavy atom. The minimum Gasteiger partial charge on any atom is -0.336 e. The van der Waals surface area contributed by atoms with E-state index in [2.05, 4.69) is 5.32 Å². The number of amides is 3. The molecule has 1 N–H and O–H groups in total. The van der Waals surface area contributed by atoms with E-state index in [1.165, 1.54) is 0 Å². The molecular formula is C12H11F3N2O2. The maximum Gasteiger partial charge on any atom is 0.402 e. The SMILES string of the molecule is O=C1NCC(C(F)(F)F)C(=O)N1Cc1ccccc1. The number of alkyl halides is 3. The van der Waals surface area contributed by atoms with E-state index in [0.29, 0.717) is 10.5 Å². The molecule has 1 heterocycles. The minimum absolute atomic E-state index is 0.169. The molecule has 1 aromatic carbocycles. The fourth-order valence-electron chi connectivity index (χ4n) is 1.83. The molecule has 1 aromatic rings. The van der Waals surface area contributed by atoms with Crippen molar-refractivity contribution in [2.45, 2.75) is 12.7 Å². The molecule has 1 unspecified atom stereocenters. The van der Waals surface area contributed by atoms with Crippen LogP contribution in [0.3, 0.4) is 0 Å². The van der Waals surface area contributed by atoms with Gasteiger partial charge >= 0.3 is 12.2 Å². The Bertz CT molecular complexity index is 487. The molecule has 3 amide bonds. The first kappa shape index (κ1) is 13.4. The molecule has 19 heavy (non-hydrogen) atoms. The number of rotatable bonds is 2. The first-order valence-corrected chi connectivity index (χ1v) is 5.59. The molecule has 7 heteroatoms. The zero-order chi connectivity index (χ0) is 14.0. The average Bonchev–Trinajstić information content (AvgIpc) is 2.34. The Kier molecular flexibility index (Phi) is 3.46. The second-order valence-corrected chi connectivity index (χ2v) is 4.19. The van der Waals surface area contributed by atoms with Crippen LogP contribution in [0.15, 0.2) is 30.3 Å². The highest BCUT2D eigenvalue weighted by Crippen LogP contribution is 2.29. The van der Waals surface area contributed by atoms with Crippen molar-refractivity contribution in [3.8, 4) is 0 Å². The van der Waals surface area contributed by atoms with Crippen LogP contribution in [0, 0.1) is 5.92 Å². The molecule has 0 spiro atoms. The number of nitrogens with one attached hydrogen (secondary N) is 1. The highest BCUT2D eigenvalue weighted by Gasteiger charge is 2.50. The van der Waals surface area contributed by atoms with E-state index in [4.69, 9.17) is 0 Å². The Hall–Kier alpha value is -2.05. The van der Waals surface area contributed by atoms with Crippen LogP contribution in [0.25, 0.3) is 0 Å². The number of benzene rings is 1. The van der Waals surface area contributed by atoms with Gasteiger partial charge in [0.15, 0.2) is 5.92 Å². The predicted molar refractivity (Wildman–Crippen MR) is 59.9 cm³/mol. The van der Waals surface area contributed by atoms with Gasteiger partial charge in [-0.25, -0.2) is 4.79 Å². The van der Waals surface area contributed by atoms with E-state index < -0.39 is 30.6 Å². The summed E-state index contributed by atoms with van der Waals surface area (Å²) >= 11 is 0. The van der Waals surface area contributed by atoms with Gasteiger partial charge in [-0.05, 0) is 5.56 Å². The van der Waals surface area contributed by atoms with Crippen LogP contribution >= 0.6 is 0 Å². The highest BCUT2D eigenvalue weighted by atomic mass is 19.4. The predicted octanol–water partition coefficient (Wildman–Crippen LogP) is 1.92. The van der Waals surface area contributed by atoms with Gasteiger partial charge in [0.05, 0.1) is 6.54 Å². The number of urea groups is 1. The first-order chi connectivity index (χ1) is 8.89. The Morgan fingerprint density at radius 1 is 1.21 bits per heavy atom. The van der Waals surface area contributed by atoms with Crippen LogP contribution in [0.5, 0.6) is 0 Å². The maximum absolute atomic E-state index is 12.6. The van der Waals surface area contributed by atoms with Crippen LogP contribution in [0.1, 0.15) is 5.56 Å². The number of halogens is 3. The van der Waals surface area contributed by atoms with E-state index in [1.54, 1.807) is 30.3 Å². The van der Waals surface area contributed by atoms with Crippen LogP contribution < -0.4 is 5.32 Å². The van der Waals surface area contributed by atoms with Crippen molar-refractivity contribution in [2.75, 3.05) is 6.54 Å². The van der Waals surface area contributed by atoms with E-state index in [1.807, 2.05) is 0 Å². The third-order valence-electron chi connectivity index (χ3n) is 2.85. The summed E-state index contributed by atoms with van der Waals surface area (Å²) in [6.45, 7) is -0.870. The summed E-state index contributed by atoms with van der Waals surface area (Å²) in [4.78, 5) is 23.8. The van der Waals surface area contributed by atoms with Crippen LogP contribution in [0.4, 0.5) is 18.0 Å². The van der Waals surface area contributed by atoms with Gasteiger partial charge in [0, 0.05) is 6.54 Å². The Morgan fingerprint density at radius 2 is 1.84 bits per heavy atom. The van der Waals surface area contributed by atoms with Gasteiger partial charge in [0.2, 0.25) is 5.91 Å². The summed E-state index contributed by atoms with van der Waals surface area (Å²) in [7, 11) is 0. The molecule has 0 saturated carbocycles. The van der Waals surface area contributed by atoms with Crippen molar-refractivity contribution in [1.29, 1.82) is 0 Å². The highest BCUT2D eigenvalue weighted by molar-refractivity contribution is 5.98. The normalized spacial score (nSPS) is 20.4. The van der Waals surface area contributed by atoms with Crippen molar-refractivity contribution < 1.29 is 22.8 Å². The van der Waals surface area contributed by atoms with Crippen LogP contribution in [0.2, 0.25) is 0 Å². The van der Waals surface area contributed by atoms with Crippen molar-refractivity contribution in [3.63, 3.8) is 0 Å².